The standard InChI is InChI=1S/C21H21N5O5S/c1-14(27)24-16-6-8-19(9-7-16)32(30,31)26(2)13-20(29)25-17-11-22-21(23-12-17)15-4-3-5-18(28)10-15/h3-12,28H,13H2,1-2H3,(H,24,27)(H,25,29). The van der Waals surface area contributed by atoms with Crippen LogP contribution >= 0.6 is 0 Å². The van der Waals surface area contributed by atoms with Crippen LogP contribution in [0.1, 0.15) is 6.92 Å². The Bertz CT molecular complexity index is 1230. The molecule has 0 saturated heterocycles. The minimum atomic E-state index is -3.91. The number of sulfonamides is 1. The van der Waals surface area contributed by atoms with Gasteiger partial charge in [-0.15, -0.1) is 0 Å². The van der Waals surface area contributed by atoms with E-state index in [4.69, 9.17) is 0 Å². The first-order chi connectivity index (χ1) is 15.1. The summed E-state index contributed by atoms with van der Waals surface area (Å²) in [5.41, 5.74) is 1.37. The van der Waals surface area contributed by atoms with Gasteiger partial charge >= 0.3 is 0 Å². The molecule has 0 aliphatic rings. The van der Waals surface area contributed by atoms with Crippen LogP contribution in [0.15, 0.2) is 65.8 Å². The van der Waals surface area contributed by atoms with Crippen LogP contribution in [0.25, 0.3) is 11.4 Å². The number of rotatable bonds is 7. The van der Waals surface area contributed by atoms with Gasteiger partial charge in [-0.2, -0.15) is 4.31 Å². The second-order valence-electron chi connectivity index (χ2n) is 6.86. The van der Waals surface area contributed by atoms with Gasteiger partial charge in [-0.1, -0.05) is 12.1 Å². The number of nitrogens with one attached hydrogen (secondary N) is 2. The normalized spacial score (nSPS) is 11.2. The Labute approximate surface area is 185 Å². The van der Waals surface area contributed by atoms with Gasteiger partial charge in [0, 0.05) is 25.2 Å². The smallest absolute Gasteiger partial charge is 0.243 e. The van der Waals surface area contributed by atoms with Crippen LogP contribution in [0.5, 0.6) is 5.75 Å². The Morgan fingerprint density at radius 1 is 1.00 bits per heavy atom. The maximum Gasteiger partial charge on any atom is 0.243 e. The van der Waals surface area contributed by atoms with E-state index < -0.39 is 22.5 Å². The van der Waals surface area contributed by atoms with Gasteiger partial charge < -0.3 is 15.7 Å². The molecule has 0 aliphatic carbocycles. The van der Waals surface area contributed by atoms with Crippen molar-refractivity contribution in [2.45, 2.75) is 11.8 Å². The molecular formula is C21H21N5O5S. The average molecular weight is 455 g/mol. The maximum atomic E-state index is 12.7. The highest BCUT2D eigenvalue weighted by Crippen LogP contribution is 2.20. The topological polar surface area (TPSA) is 142 Å². The predicted octanol–water partition coefficient (Wildman–Crippen LogP) is 2.07. The number of phenolic OH excluding ortho intramolecular Hbond substituents is 1. The number of aromatic nitrogens is 2. The Balaban J connectivity index is 1.63. The molecule has 3 aromatic rings. The first kappa shape index (κ1) is 22.8. The molecule has 2 aromatic carbocycles. The molecule has 2 amide bonds. The number of likely N-dealkylation sites (N-methyl/N-ethyl adjacent to an activating group) is 1. The molecule has 3 rings (SSSR count). The molecule has 0 saturated carbocycles. The number of hydrogen-bond acceptors (Lipinski definition) is 7. The highest BCUT2D eigenvalue weighted by atomic mass is 32.2. The second-order valence-corrected chi connectivity index (χ2v) is 8.91. The minimum Gasteiger partial charge on any atom is -0.508 e. The van der Waals surface area contributed by atoms with Crippen molar-refractivity contribution in [3.8, 4) is 17.1 Å². The number of anilines is 2. The van der Waals surface area contributed by atoms with Crippen molar-refractivity contribution >= 4 is 33.2 Å². The first-order valence-electron chi connectivity index (χ1n) is 9.40. The van der Waals surface area contributed by atoms with E-state index >= 15 is 0 Å². The van der Waals surface area contributed by atoms with E-state index in [1.807, 2.05) is 0 Å². The van der Waals surface area contributed by atoms with Crippen molar-refractivity contribution in [1.29, 1.82) is 0 Å². The number of phenols is 1. The van der Waals surface area contributed by atoms with E-state index in [0.29, 0.717) is 22.8 Å². The summed E-state index contributed by atoms with van der Waals surface area (Å²) < 4.78 is 26.3. The molecule has 0 aliphatic heterocycles. The van der Waals surface area contributed by atoms with Crippen LogP contribution in [0.3, 0.4) is 0 Å². The third kappa shape index (κ3) is 5.65. The predicted molar refractivity (Wildman–Crippen MR) is 118 cm³/mol. The first-order valence-corrected chi connectivity index (χ1v) is 10.8. The molecule has 3 N–H and O–H groups in total. The molecule has 0 radical (unpaired) electrons. The Morgan fingerprint density at radius 3 is 2.25 bits per heavy atom. The molecule has 0 unspecified atom stereocenters. The summed E-state index contributed by atoms with van der Waals surface area (Å²) >= 11 is 0. The molecule has 1 aromatic heterocycles. The monoisotopic (exact) mass is 455 g/mol. The molecule has 32 heavy (non-hydrogen) atoms. The zero-order chi connectivity index (χ0) is 23.3. The van der Waals surface area contributed by atoms with E-state index in [0.717, 1.165) is 4.31 Å². The van der Waals surface area contributed by atoms with Gasteiger partial charge in [0.2, 0.25) is 21.8 Å². The summed E-state index contributed by atoms with van der Waals surface area (Å²) in [4.78, 5) is 31.7. The summed E-state index contributed by atoms with van der Waals surface area (Å²) in [5, 5.41) is 14.6. The molecule has 0 spiro atoms. The van der Waals surface area contributed by atoms with E-state index in [2.05, 4.69) is 20.6 Å². The van der Waals surface area contributed by atoms with Gasteiger partial charge in [-0.3, -0.25) is 9.59 Å². The number of nitrogens with zero attached hydrogens (tertiary/aromatic N) is 3. The Kier molecular flexibility index (Phi) is 6.81. The SMILES string of the molecule is CC(=O)Nc1ccc(S(=O)(=O)N(C)CC(=O)Nc2cnc(-c3cccc(O)c3)nc2)cc1. The largest absolute Gasteiger partial charge is 0.508 e. The van der Waals surface area contributed by atoms with Crippen LogP contribution < -0.4 is 10.6 Å². The van der Waals surface area contributed by atoms with Crippen molar-refractivity contribution in [2.75, 3.05) is 24.2 Å². The molecule has 0 fully saturated rings. The van der Waals surface area contributed by atoms with E-state index in [9.17, 15) is 23.1 Å². The van der Waals surface area contributed by atoms with Crippen molar-refractivity contribution in [1.82, 2.24) is 14.3 Å². The molecular weight excluding hydrogens is 434 g/mol. The Morgan fingerprint density at radius 2 is 1.66 bits per heavy atom. The molecule has 0 atom stereocenters. The van der Waals surface area contributed by atoms with Gasteiger partial charge in [0.05, 0.1) is 29.5 Å². The zero-order valence-electron chi connectivity index (χ0n) is 17.3. The lowest BCUT2D eigenvalue weighted by Crippen LogP contribution is -2.35. The quantitative estimate of drug-likeness (QED) is 0.495. The highest BCUT2D eigenvalue weighted by molar-refractivity contribution is 7.89. The number of amides is 2. The van der Waals surface area contributed by atoms with Crippen molar-refractivity contribution < 1.29 is 23.1 Å². The summed E-state index contributed by atoms with van der Waals surface area (Å²) in [6, 6.07) is 12.1. The fraction of sp³-hybridized carbons (Fsp3) is 0.143. The van der Waals surface area contributed by atoms with Crippen molar-refractivity contribution in [3.05, 3.63) is 60.9 Å². The zero-order valence-corrected chi connectivity index (χ0v) is 18.1. The van der Waals surface area contributed by atoms with Crippen LogP contribution in [-0.4, -0.2) is 53.2 Å². The Hall–Kier alpha value is -3.83. The number of carbonyl (C=O) groups excluding carboxylic acids is 2. The average Bonchev–Trinajstić information content (AvgIpc) is 2.74. The van der Waals surface area contributed by atoms with Gasteiger partial charge in [0.25, 0.3) is 0 Å². The molecule has 166 valence electrons. The third-order valence-corrected chi connectivity index (χ3v) is 6.11. The molecule has 11 heteroatoms. The van der Waals surface area contributed by atoms with Gasteiger partial charge in [0.15, 0.2) is 5.82 Å². The second kappa shape index (κ2) is 9.54. The number of benzene rings is 2. The number of carbonyl (C=O) groups is 2. The third-order valence-electron chi connectivity index (χ3n) is 4.29. The fourth-order valence-electron chi connectivity index (χ4n) is 2.77. The number of hydrogen-bond donors (Lipinski definition) is 3. The van der Waals surface area contributed by atoms with Crippen LogP contribution in [0.4, 0.5) is 11.4 Å². The summed E-state index contributed by atoms with van der Waals surface area (Å²) in [6.45, 7) is 0.923. The molecule has 0 bridgehead atoms. The van der Waals surface area contributed by atoms with E-state index in [1.54, 1.807) is 12.1 Å². The summed E-state index contributed by atoms with van der Waals surface area (Å²) in [5.74, 6) is -0.397. The van der Waals surface area contributed by atoms with Crippen LogP contribution in [0, 0.1) is 0 Å². The molecule has 10 nitrogen and oxygen atoms in total. The maximum absolute atomic E-state index is 12.7. The highest BCUT2D eigenvalue weighted by Gasteiger charge is 2.23. The van der Waals surface area contributed by atoms with Gasteiger partial charge in [0.1, 0.15) is 5.75 Å². The number of aromatic hydroxyl groups is 1. The van der Waals surface area contributed by atoms with Crippen molar-refractivity contribution in [3.63, 3.8) is 0 Å². The van der Waals surface area contributed by atoms with E-state index in [-0.39, 0.29) is 16.6 Å². The van der Waals surface area contributed by atoms with Crippen molar-refractivity contribution in [2.24, 2.45) is 0 Å². The minimum absolute atomic E-state index is 0.0132. The fourth-order valence-corrected chi connectivity index (χ4v) is 3.89. The lowest BCUT2D eigenvalue weighted by atomic mass is 10.2. The van der Waals surface area contributed by atoms with Gasteiger partial charge in [-0.25, -0.2) is 18.4 Å². The summed E-state index contributed by atoms with van der Waals surface area (Å²) in [7, 11) is -2.62. The lowest BCUT2D eigenvalue weighted by molar-refractivity contribution is -0.116. The van der Waals surface area contributed by atoms with Crippen LogP contribution in [-0.2, 0) is 19.6 Å². The van der Waals surface area contributed by atoms with Gasteiger partial charge in [-0.05, 0) is 36.4 Å². The summed E-state index contributed by atoms with van der Waals surface area (Å²) in [6.07, 6.45) is 2.78. The molecule has 1 heterocycles. The van der Waals surface area contributed by atoms with E-state index in [1.165, 1.54) is 62.8 Å². The van der Waals surface area contributed by atoms with Crippen LogP contribution in [0.2, 0.25) is 0 Å². The lowest BCUT2D eigenvalue weighted by Gasteiger charge is -2.17.